The molecule has 1 fully saturated rings. The molecule has 0 radical (unpaired) electrons. The van der Waals surface area contributed by atoms with Crippen LogP contribution in [0.3, 0.4) is 0 Å². The Kier molecular flexibility index (Phi) is 4.60. The fraction of sp³-hybridized carbons (Fsp3) is 0.500. The summed E-state index contributed by atoms with van der Waals surface area (Å²) in [6.45, 7) is 8.10. The van der Waals surface area contributed by atoms with Crippen LogP contribution in [-0.2, 0) is 6.54 Å². The van der Waals surface area contributed by atoms with E-state index in [1.807, 2.05) is 4.68 Å². The highest BCUT2D eigenvalue weighted by Crippen LogP contribution is 2.32. The summed E-state index contributed by atoms with van der Waals surface area (Å²) in [5, 5.41) is 4.67. The van der Waals surface area contributed by atoms with Gasteiger partial charge in [0.25, 0.3) is 0 Å². The molecule has 0 aliphatic carbocycles. The molecule has 1 saturated heterocycles. The fourth-order valence-electron chi connectivity index (χ4n) is 3.38. The molecule has 0 spiro atoms. The second-order valence-corrected chi connectivity index (χ2v) is 6.59. The van der Waals surface area contributed by atoms with E-state index in [2.05, 4.69) is 66.4 Å². The summed E-state index contributed by atoms with van der Waals surface area (Å²) in [6.07, 6.45) is 2.07. The van der Waals surface area contributed by atoms with Gasteiger partial charge in [-0.2, -0.15) is 5.10 Å². The van der Waals surface area contributed by atoms with E-state index in [1.165, 1.54) is 5.56 Å². The van der Waals surface area contributed by atoms with Crippen LogP contribution in [0.5, 0.6) is 0 Å². The maximum atomic E-state index is 6.01. The van der Waals surface area contributed by atoms with Crippen LogP contribution in [0.1, 0.15) is 37.1 Å². The lowest BCUT2D eigenvalue weighted by Crippen LogP contribution is -2.23. The van der Waals surface area contributed by atoms with E-state index < -0.39 is 0 Å². The Balaban J connectivity index is 1.68. The average molecular weight is 298 g/mol. The van der Waals surface area contributed by atoms with Gasteiger partial charge in [-0.25, -0.2) is 0 Å². The summed E-state index contributed by atoms with van der Waals surface area (Å²) in [7, 11) is 0. The van der Waals surface area contributed by atoms with Gasteiger partial charge in [-0.3, -0.25) is 9.58 Å². The van der Waals surface area contributed by atoms with E-state index in [-0.39, 0.29) is 0 Å². The molecule has 1 aliphatic heterocycles. The minimum atomic E-state index is 0.418. The molecule has 2 N–H and O–H groups in total. The van der Waals surface area contributed by atoms with Crippen LogP contribution >= 0.6 is 0 Å². The van der Waals surface area contributed by atoms with Crippen LogP contribution < -0.4 is 5.73 Å². The van der Waals surface area contributed by atoms with E-state index in [0.29, 0.717) is 17.9 Å². The van der Waals surface area contributed by atoms with Gasteiger partial charge in [-0.15, -0.1) is 0 Å². The Morgan fingerprint density at radius 2 is 1.95 bits per heavy atom. The number of nitrogens with two attached hydrogens (primary N) is 1. The zero-order valence-electron chi connectivity index (χ0n) is 13.5. The molecule has 0 bridgehead atoms. The molecule has 2 heterocycles. The van der Waals surface area contributed by atoms with Gasteiger partial charge in [0.1, 0.15) is 0 Å². The van der Waals surface area contributed by atoms with Gasteiger partial charge in [0.05, 0.1) is 5.69 Å². The first kappa shape index (κ1) is 15.3. The van der Waals surface area contributed by atoms with Gasteiger partial charge in [-0.1, -0.05) is 30.3 Å². The van der Waals surface area contributed by atoms with Crippen LogP contribution in [0.15, 0.2) is 42.6 Å². The summed E-state index contributed by atoms with van der Waals surface area (Å²) < 4.78 is 2.03. The van der Waals surface area contributed by atoms with E-state index in [9.17, 15) is 0 Å². The second-order valence-electron chi connectivity index (χ2n) is 6.59. The molecule has 4 nitrogen and oxygen atoms in total. The number of aromatic nitrogens is 2. The molecule has 1 aromatic heterocycles. The first-order valence-electron chi connectivity index (χ1n) is 8.18. The van der Waals surface area contributed by atoms with Crippen LogP contribution in [0.2, 0.25) is 0 Å². The monoisotopic (exact) mass is 298 g/mol. The zero-order valence-corrected chi connectivity index (χ0v) is 13.5. The van der Waals surface area contributed by atoms with Gasteiger partial charge in [0.15, 0.2) is 0 Å². The number of rotatable bonds is 5. The largest absolute Gasteiger partial charge is 0.330 e. The third-order valence-electron chi connectivity index (χ3n) is 4.63. The Hall–Kier alpha value is -1.65. The van der Waals surface area contributed by atoms with Crippen LogP contribution in [-0.4, -0.2) is 34.3 Å². The van der Waals surface area contributed by atoms with E-state index in [4.69, 9.17) is 5.73 Å². The maximum absolute atomic E-state index is 6.01. The van der Waals surface area contributed by atoms with Crippen molar-refractivity contribution in [2.24, 2.45) is 11.7 Å². The van der Waals surface area contributed by atoms with Crippen molar-refractivity contribution >= 4 is 0 Å². The Morgan fingerprint density at radius 1 is 1.18 bits per heavy atom. The molecule has 118 valence electrons. The number of hydrogen-bond donors (Lipinski definition) is 1. The van der Waals surface area contributed by atoms with Crippen LogP contribution in [0.4, 0.5) is 0 Å². The predicted molar refractivity (Wildman–Crippen MR) is 89.6 cm³/mol. The zero-order chi connectivity index (χ0) is 15.5. The summed E-state index contributed by atoms with van der Waals surface area (Å²) in [5.41, 5.74) is 8.58. The Bertz CT molecular complexity index is 590. The fourth-order valence-corrected chi connectivity index (χ4v) is 3.38. The predicted octanol–water partition coefficient (Wildman–Crippen LogP) is 2.64. The molecular formula is C18H26N4. The standard InChI is InChI=1S/C18H26N4/c1-14(2)22-9-8-17(20-22)12-21-11-16(10-19)18(13-21)15-6-4-3-5-7-15/h3-9,14,16,18H,10-13,19H2,1-2H3/t16-,18+/m1/s1. The summed E-state index contributed by atoms with van der Waals surface area (Å²) in [6, 6.07) is 13.3. The molecule has 1 aliphatic rings. The smallest absolute Gasteiger partial charge is 0.0764 e. The highest BCUT2D eigenvalue weighted by Gasteiger charge is 2.32. The van der Waals surface area contributed by atoms with Crippen molar-refractivity contribution in [1.82, 2.24) is 14.7 Å². The molecule has 3 rings (SSSR count). The van der Waals surface area contributed by atoms with Gasteiger partial charge < -0.3 is 5.73 Å². The first-order chi connectivity index (χ1) is 10.7. The SMILES string of the molecule is CC(C)n1ccc(CN2C[C@@H](CN)[C@H](c3ccccc3)C2)n1. The van der Waals surface area contributed by atoms with Gasteiger partial charge in [-0.05, 0) is 37.9 Å². The van der Waals surface area contributed by atoms with Crippen molar-refractivity contribution in [1.29, 1.82) is 0 Å². The highest BCUT2D eigenvalue weighted by atomic mass is 15.3. The van der Waals surface area contributed by atoms with Crippen LogP contribution in [0, 0.1) is 5.92 Å². The topological polar surface area (TPSA) is 47.1 Å². The quantitative estimate of drug-likeness (QED) is 0.923. The minimum absolute atomic E-state index is 0.418. The lowest BCUT2D eigenvalue weighted by atomic mass is 9.89. The van der Waals surface area contributed by atoms with E-state index >= 15 is 0 Å². The van der Waals surface area contributed by atoms with Gasteiger partial charge in [0.2, 0.25) is 0 Å². The molecular weight excluding hydrogens is 272 g/mol. The molecule has 0 saturated carbocycles. The molecule has 4 heteroatoms. The molecule has 2 aromatic rings. The maximum Gasteiger partial charge on any atom is 0.0764 e. The lowest BCUT2D eigenvalue weighted by molar-refractivity contribution is 0.310. The Labute approximate surface area is 132 Å². The molecule has 0 amide bonds. The van der Waals surface area contributed by atoms with E-state index in [1.54, 1.807) is 0 Å². The minimum Gasteiger partial charge on any atom is -0.330 e. The van der Waals surface area contributed by atoms with Crippen molar-refractivity contribution in [3.05, 3.63) is 53.9 Å². The molecule has 1 aromatic carbocycles. The Morgan fingerprint density at radius 3 is 2.59 bits per heavy atom. The summed E-state index contributed by atoms with van der Waals surface area (Å²) in [4.78, 5) is 2.49. The van der Waals surface area contributed by atoms with Crippen molar-refractivity contribution < 1.29 is 0 Å². The number of likely N-dealkylation sites (tertiary alicyclic amines) is 1. The van der Waals surface area contributed by atoms with Gasteiger partial charge >= 0.3 is 0 Å². The van der Waals surface area contributed by atoms with Crippen molar-refractivity contribution in [3.8, 4) is 0 Å². The number of hydrogen-bond acceptors (Lipinski definition) is 3. The second kappa shape index (κ2) is 6.63. The number of benzene rings is 1. The normalized spacial score (nSPS) is 22.5. The molecule has 0 unspecified atom stereocenters. The van der Waals surface area contributed by atoms with E-state index in [0.717, 1.165) is 31.9 Å². The lowest BCUT2D eigenvalue weighted by Gasteiger charge is -2.16. The third kappa shape index (κ3) is 3.23. The first-order valence-corrected chi connectivity index (χ1v) is 8.18. The van der Waals surface area contributed by atoms with Crippen molar-refractivity contribution in [2.45, 2.75) is 32.4 Å². The van der Waals surface area contributed by atoms with Gasteiger partial charge in [0, 0.05) is 37.8 Å². The van der Waals surface area contributed by atoms with Crippen molar-refractivity contribution in [2.75, 3.05) is 19.6 Å². The average Bonchev–Trinajstić information content (AvgIpc) is 3.15. The summed E-state index contributed by atoms with van der Waals surface area (Å²) in [5.74, 6) is 1.08. The highest BCUT2D eigenvalue weighted by molar-refractivity contribution is 5.22. The molecule has 22 heavy (non-hydrogen) atoms. The molecule has 2 atom stereocenters. The van der Waals surface area contributed by atoms with Crippen molar-refractivity contribution in [3.63, 3.8) is 0 Å². The number of nitrogens with zero attached hydrogens (tertiary/aromatic N) is 3. The third-order valence-corrected chi connectivity index (χ3v) is 4.63. The van der Waals surface area contributed by atoms with Crippen LogP contribution in [0.25, 0.3) is 0 Å². The summed E-state index contributed by atoms with van der Waals surface area (Å²) >= 11 is 0.